The van der Waals surface area contributed by atoms with Crippen LogP contribution in [0, 0.1) is 13.8 Å². The highest BCUT2D eigenvalue weighted by atomic mass is 32.2. The van der Waals surface area contributed by atoms with Crippen LogP contribution in [0.15, 0.2) is 47.4 Å². The normalized spacial score (nSPS) is 11.3. The van der Waals surface area contributed by atoms with E-state index in [1.165, 1.54) is 24.3 Å². The van der Waals surface area contributed by atoms with E-state index in [4.69, 9.17) is 0 Å². The quantitative estimate of drug-likeness (QED) is 0.685. The second-order valence-electron chi connectivity index (χ2n) is 6.46. The van der Waals surface area contributed by atoms with E-state index in [1.54, 1.807) is 0 Å². The number of hydrogen-bond donors (Lipinski definition) is 2. The van der Waals surface area contributed by atoms with Crippen LogP contribution in [0.2, 0.25) is 0 Å². The smallest absolute Gasteiger partial charge is 0.255 e. The van der Waals surface area contributed by atoms with Crippen molar-refractivity contribution in [2.24, 2.45) is 0 Å². The number of carbonyl (C=O) groups excluding carboxylic acids is 1. The molecule has 0 radical (unpaired) electrons. The van der Waals surface area contributed by atoms with Crippen molar-refractivity contribution in [3.8, 4) is 0 Å². The number of benzene rings is 2. The maximum Gasteiger partial charge on any atom is 0.255 e. The summed E-state index contributed by atoms with van der Waals surface area (Å²) in [7, 11) is -3.54. The molecule has 2 aromatic rings. The van der Waals surface area contributed by atoms with Crippen LogP contribution >= 0.6 is 0 Å². The molecule has 26 heavy (non-hydrogen) atoms. The Morgan fingerprint density at radius 1 is 0.962 bits per heavy atom. The predicted octanol–water partition coefficient (Wildman–Crippen LogP) is 4.02. The summed E-state index contributed by atoms with van der Waals surface area (Å²) in [5.74, 6) is -0.269. The Bertz CT molecular complexity index is 839. The molecule has 0 aliphatic carbocycles. The number of unbranched alkanes of at least 4 members (excludes halogenated alkanes) is 2. The van der Waals surface area contributed by atoms with Crippen molar-refractivity contribution in [2.75, 3.05) is 11.9 Å². The summed E-state index contributed by atoms with van der Waals surface area (Å²) in [6.07, 6.45) is 2.83. The molecule has 1 amide bonds. The average molecular weight is 375 g/mol. The number of sulfonamides is 1. The van der Waals surface area contributed by atoms with E-state index in [1.807, 2.05) is 32.0 Å². The van der Waals surface area contributed by atoms with Crippen molar-refractivity contribution >= 4 is 21.6 Å². The van der Waals surface area contributed by atoms with E-state index >= 15 is 0 Å². The molecule has 2 aromatic carbocycles. The molecular weight excluding hydrogens is 348 g/mol. The molecule has 0 saturated carbocycles. The molecule has 0 unspecified atom stereocenters. The summed E-state index contributed by atoms with van der Waals surface area (Å²) in [4.78, 5) is 12.5. The lowest BCUT2D eigenvalue weighted by Gasteiger charge is -2.09. The van der Waals surface area contributed by atoms with Crippen LogP contribution in [0.4, 0.5) is 5.69 Å². The molecule has 0 saturated heterocycles. The minimum Gasteiger partial charge on any atom is -0.322 e. The maximum absolute atomic E-state index is 12.4. The zero-order valence-electron chi connectivity index (χ0n) is 15.5. The van der Waals surface area contributed by atoms with Crippen molar-refractivity contribution in [3.63, 3.8) is 0 Å². The molecular formula is C20H26N2O3S. The van der Waals surface area contributed by atoms with Crippen molar-refractivity contribution in [2.45, 2.75) is 44.9 Å². The van der Waals surface area contributed by atoms with Gasteiger partial charge in [-0.3, -0.25) is 4.79 Å². The Morgan fingerprint density at radius 3 is 2.15 bits per heavy atom. The summed E-state index contributed by atoms with van der Waals surface area (Å²) in [5.41, 5.74) is 3.27. The van der Waals surface area contributed by atoms with Crippen molar-refractivity contribution in [3.05, 3.63) is 59.2 Å². The van der Waals surface area contributed by atoms with Crippen molar-refractivity contribution < 1.29 is 13.2 Å². The van der Waals surface area contributed by atoms with Gasteiger partial charge in [0.25, 0.3) is 5.91 Å². The largest absolute Gasteiger partial charge is 0.322 e. The van der Waals surface area contributed by atoms with Gasteiger partial charge in [0.05, 0.1) is 4.90 Å². The fraction of sp³-hybridized carbons (Fsp3) is 0.350. The highest BCUT2D eigenvalue weighted by Crippen LogP contribution is 2.16. The lowest BCUT2D eigenvalue weighted by atomic mass is 10.1. The SMILES string of the molecule is CCCCCNS(=O)(=O)c1ccc(C(=O)Nc2cc(C)cc(C)c2)cc1. The zero-order valence-corrected chi connectivity index (χ0v) is 16.3. The lowest BCUT2D eigenvalue weighted by molar-refractivity contribution is 0.102. The third kappa shape index (κ3) is 5.68. The topological polar surface area (TPSA) is 75.3 Å². The van der Waals surface area contributed by atoms with Gasteiger partial charge in [0.15, 0.2) is 0 Å². The molecule has 0 bridgehead atoms. The maximum atomic E-state index is 12.4. The van der Waals surface area contributed by atoms with E-state index < -0.39 is 10.0 Å². The van der Waals surface area contributed by atoms with Crippen LogP contribution in [-0.2, 0) is 10.0 Å². The van der Waals surface area contributed by atoms with Gasteiger partial charge in [-0.05, 0) is 67.8 Å². The molecule has 0 aliphatic heterocycles. The summed E-state index contributed by atoms with van der Waals surface area (Å²) >= 11 is 0. The molecule has 6 heteroatoms. The van der Waals surface area contributed by atoms with E-state index in [2.05, 4.69) is 17.0 Å². The van der Waals surface area contributed by atoms with Gasteiger partial charge in [-0.25, -0.2) is 13.1 Å². The number of aryl methyl sites for hydroxylation is 2. The summed E-state index contributed by atoms with van der Waals surface area (Å²) in [5, 5.41) is 2.84. The second-order valence-corrected chi connectivity index (χ2v) is 8.23. The van der Waals surface area contributed by atoms with Gasteiger partial charge in [0.1, 0.15) is 0 Å². The second kappa shape index (κ2) is 8.96. The molecule has 140 valence electrons. The van der Waals surface area contributed by atoms with Gasteiger partial charge >= 0.3 is 0 Å². The van der Waals surface area contributed by atoms with E-state index in [0.717, 1.165) is 36.1 Å². The minimum atomic E-state index is -3.54. The summed E-state index contributed by atoms with van der Waals surface area (Å²) in [6.45, 7) is 6.42. The monoisotopic (exact) mass is 374 g/mol. The first kappa shape index (κ1) is 20.1. The van der Waals surface area contributed by atoms with Crippen LogP contribution in [0.5, 0.6) is 0 Å². The number of hydrogen-bond acceptors (Lipinski definition) is 3. The predicted molar refractivity (Wildman–Crippen MR) is 105 cm³/mol. The van der Waals surface area contributed by atoms with Gasteiger partial charge in [-0.1, -0.05) is 25.8 Å². The number of carbonyl (C=O) groups is 1. The Kier molecular flexibility index (Phi) is 6.94. The fourth-order valence-corrected chi connectivity index (χ4v) is 3.77. The third-order valence-corrected chi connectivity index (χ3v) is 5.46. The first-order valence-corrected chi connectivity index (χ1v) is 10.3. The molecule has 0 aromatic heterocycles. The molecule has 0 spiro atoms. The van der Waals surface area contributed by atoms with Gasteiger partial charge in [0.2, 0.25) is 10.0 Å². The molecule has 0 atom stereocenters. The molecule has 0 heterocycles. The molecule has 2 rings (SSSR count). The third-order valence-electron chi connectivity index (χ3n) is 3.98. The Labute approximate surface area is 155 Å². The summed E-state index contributed by atoms with van der Waals surface area (Å²) in [6, 6.07) is 11.8. The van der Waals surface area contributed by atoms with E-state index in [0.29, 0.717) is 12.1 Å². The van der Waals surface area contributed by atoms with E-state index in [9.17, 15) is 13.2 Å². The zero-order chi connectivity index (χ0) is 19.2. The van der Waals surface area contributed by atoms with Crippen molar-refractivity contribution in [1.82, 2.24) is 4.72 Å². The van der Waals surface area contributed by atoms with Crippen molar-refractivity contribution in [1.29, 1.82) is 0 Å². The Balaban J connectivity index is 2.05. The van der Waals surface area contributed by atoms with Gasteiger partial charge in [0, 0.05) is 17.8 Å². The average Bonchev–Trinajstić information content (AvgIpc) is 2.58. The first-order chi connectivity index (χ1) is 12.3. The molecule has 0 fully saturated rings. The number of anilines is 1. The van der Waals surface area contributed by atoms with Gasteiger partial charge < -0.3 is 5.32 Å². The molecule has 0 aliphatic rings. The number of amides is 1. The Hall–Kier alpha value is -2.18. The van der Waals surface area contributed by atoms with Gasteiger partial charge in [-0.2, -0.15) is 0 Å². The number of rotatable bonds is 8. The van der Waals surface area contributed by atoms with Crippen LogP contribution in [0.25, 0.3) is 0 Å². The van der Waals surface area contributed by atoms with Crippen LogP contribution < -0.4 is 10.0 Å². The summed E-state index contributed by atoms with van der Waals surface area (Å²) < 4.78 is 27.0. The fourth-order valence-electron chi connectivity index (χ4n) is 2.70. The van der Waals surface area contributed by atoms with Crippen LogP contribution in [0.1, 0.15) is 47.7 Å². The molecule has 5 nitrogen and oxygen atoms in total. The standard InChI is InChI=1S/C20H26N2O3S/c1-4-5-6-11-21-26(24,25)19-9-7-17(8-10-19)20(23)22-18-13-15(2)12-16(3)14-18/h7-10,12-14,21H,4-6,11H2,1-3H3,(H,22,23). The van der Waals surface area contributed by atoms with Crippen LogP contribution in [0.3, 0.4) is 0 Å². The van der Waals surface area contributed by atoms with Crippen LogP contribution in [-0.4, -0.2) is 20.9 Å². The van der Waals surface area contributed by atoms with E-state index in [-0.39, 0.29) is 10.8 Å². The first-order valence-electron chi connectivity index (χ1n) is 8.81. The molecule has 2 N–H and O–H groups in total. The number of nitrogens with one attached hydrogen (secondary N) is 2. The van der Waals surface area contributed by atoms with Gasteiger partial charge in [-0.15, -0.1) is 0 Å². The highest BCUT2D eigenvalue weighted by molar-refractivity contribution is 7.89. The highest BCUT2D eigenvalue weighted by Gasteiger charge is 2.14. The Morgan fingerprint density at radius 2 is 1.58 bits per heavy atom. The lowest BCUT2D eigenvalue weighted by Crippen LogP contribution is -2.24. The minimum absolute atomic E-state index is 0.164.